The van der Waals surface area contributed by atoms with Crippen molar-refractivity contribution < 1.29 is 14.3 Å². The number of carbonyl (C=O) groups is 1. The number of aromatic nitrogens is 1. The van der Waals surface area contributed by atoms with Gasteiger partial charge < -0.3 is 14.4 Å². The van der Waals surface area contributed by atoms with Crippen LogP contribution >= 0.6 is 11.3 Å². The molecule has 134 valence electrons. The summed E-state index contributed by atoms with van der Waals surface area (Å²) in [7, 11) is 3.36. The van der Waals surface area contributed by atoms with Gasteiger partial charge in [-0.2, -0.15) is 0 Å². The van der Waals surface area contributed by atoms with E-state index in [0.29, 0.717) is 17.9 Å². The highest BCUT2D eigenvalue weighted by atomic mass is 32.1. The SMILES string of the molecule is COc1ccccc1C(=O)N(C)Cc1csc(CN2CCOCC2)n1. The molecule has 2 aromatic rings. The lowest BCUT2D eigenvalue weighted by Gasteiger charge is -2.25. The molecular weight excluding hydrogens is 338 g/mol. The number of carbonyl (C=O) groups excluding carboxylic acids is 1. The summed E-state index contributed by atoms with van der Waals surface area (Å²) in [6.07, 6.45) is 0. The van der Waals surface area contributed by atoms with Gasteiger partial charge in [0, 0.05) is 25.5 Å². The predicted octanol–water partition coefficient (Wildman–Crippen LogP) is 2.26. The zero-order valence-electron chi connectivity index (χ0n) is 14.6. The summed E-state index contributed by atoms with van der Waals surface area (Å²) >= 11 is 1.64. The summed E-state index contributed by atoms with van der Waals surface area (Å²) in [6, 6.07) is 7.27. The molecule has 0 atom stereocenters. The van der Waals surface area contributed by atoms with Crippen molar-refractivity contribution in [2.45, 2.75) is 13.1 Å². The van der Waals surface area contributed by atoms with Crippen LogP contribution in [0.2, 0.25) is 0 Å². The fraction of sp³-hybridized carbons (Fsp3) is 0.444. The largest absolute Gasteiger partial charge is 0.496 e. The van der Waals surface area contributed by atoms with Crippen LogP contribution in [0, 0.1) is 0 Å². The Morgan fingerprint density at radius 1 is 1.36 bits per heavy atom. The van der Waals surface area contributed by atoms with Gasteiger partial charge in [-0.15, -0.1) is 11.3 Å². The first kappa shape index (κ1) is 17.8. The number of nitrogens with zero attached hydrogens (tertiary/aromatic N) is 3. The minimum Gasteiger partial charge on any atom is -0.496 e. The van der Waals surface area contributed by atoms with Gasteiger partial charge in [0.25, 0.3) is 5.91 Å². The van der Waals surface area contributed by atoms with E-state index in [0.717, 1.165) is 43.5 Å². The highest BCUT2D eigenvalue weighted by Gasteiger charge is 2.18. The van der Waals surface area contributed by atoms with Crippen LogP contribution < -0.4 is 4.74 Å². The van der Waals surface area contributed by atoms with E-state index < -0.39 is 0 Å². The molecule has 1 fully saturated rings. The van der Waals surface area contributed by atoms with Crippen LogP contribution in [0.4, 0.5) is 0 Å². The number of ether oxygens (including phenoxy) is 2. The highest BCUT2D eigenvalue weighted by molar-refractivity contribution is 7.09. The molecule has 0 saturated carbocycles. The molecule has 1 amide bonds. The lowest BCUT2D eigenvalue weighted by Crippen LogP contribution is -2.35. The normalized spacial score (nSPS) is 15.1. The molecule has 1 aromatic heterocycles. The molecule has 0 unspecified atom stereocenters. The van der Waals surface area contributed by atoms with Gasteiger partial charge >= 0.3 is 0 Å². The van der Waals surface area contributed by atoms with Crippen molar-refractivity contribution in [3.8, 4) is 5.75 Å². The number of rotatable bonds is 6. The van der Waals surface area contributed by atoms with Crippen molar-refractivity contribution >= 4 is 17.2 Å². The summed E-state index contributed by atoms with van der Waals surface area (Å²) in [6.45, 7) is 4.79. The third-order valence-corrected chi connectivity index (χ3v) is 5.03. The predicted molar refractivity (Wildman–Crippen MR) is 97.0 cm³/mol. The van der Waals surface area contributed by atoms with Crippen molar-refractivity contribution in [3.05, 3.63) is 45.9 Å². The Balaban J connectivity index is 1.61. The monoisotopic (exact) mass is 361 g/mol. The third-order valence-electron chi connectivity index (χ3n) is 4.15. The van der Waals surface area contributed by atoms with Crippen LogP contribution in [0.3, 0.4) is 0 Å². The highest BCUT2D eigenvalue weighted by Crippen LogP contribution is 2.20. The van der Waals surface area contributed by atoms with Gasteiger partial charge in [0.05, 0.1) is 44.7 Å². The molecule has 6 nitrogen and oxygen atoms in total. The fourth-order valence-electron chi connectivity index (χ4n) is 2.79. The summed E-state index contributed by atoms with van der Waals surface area (Å²) in [5, 5.41) is 3.11. The lowest BCUT2D eigenvalue weighted by atomic mass is 10.1. The first-order chi connectivity index (χ1) is 12.2. The quantitative estimate of drug-likeness (QED) is 0.790. The van der Waals surface area contributed by atoms with Gasteiger partial charge in [0.2, 0.25) is 0 Å². The smallest absolute Gasteiger partial charge is 0.257 e. The Morgan fingerprint density at radius 2 is 2.12 bits per heavy atom. The van der Waals surface area contributed by atoms with Gasteiger partial charge in [-0.25, -0.2) is 4.98 Å². The van der Waals surface area contributed by atoms with Crippen LogP contribution in [-0.2, 0) is 17.8 Å². The second-order valence-corrected chi connectivity index (χ2v) is 6.93. The third kappa shape index (κ3) is 4.56. The maximum Gasteiger partial charge on any atom is 0.257 e. The summed E-state index contributed by atoms with van der Waals surface area (Å²) in [5.74, 6) is 0.519. The number of hydrogen-bond acceptors (Lipinski definition) is 6. The Labute approximate surface area is 152 Å². The average Bonchev–Trinajstić information content (AvgIpc) is 3.08. The lowest BCUT2D eigenvalue weighted by molar-refractivity contribution is 0.0341. The van der Waals surface area contributed by atoms with Crippen LogP contribution in [0.25, 0.3) is 0 Å². The van der Waals surface area contributed by atoms with Crippen LogP contribution in [0.1, 0.15) is 21.1 Å². The fourth-order valence-corrected chi connectivity index (χ4v) is 3.61. The molecule has 0 aliphatic carbocycles. The van der Waals surface area contributed by atoms with Gasteiger partial charge in [0.1, 0.15) is 10.8 Å². The molecule has 7 heteroatoms. The maximum atomic E-state index is 12.7. The van der Waals surface area contributed by atoms with Crippen molar-refractivity contribution in [2.75, 3.05) is 40.5 Å². The van der Waals surface area contributed by atoms with Crippen molar-refractivity contribution in [1.29, 1.82) is 0 Å². The Bertz CT molecular complexity index is 713. The number of thiazole rings is 1. The Kier molecular flexibility index (Phi) is 6.01. The number of methoxy groups -OCH3 is 1. The van der Waals surface area contributed by atoms with E-state index in [4.69, 9.17) is 9.47 Å². The van der Waals surface area contributed by atoms with Crippen molar-refractivity contribution in [3.63, 3.8) is 0 Å². The molecule has 0 radical (unpaired) electrons. The number of hydrogen-bond donors (Lipinski definition) is 0. The minimum atomic E-state index is -0.0693. The number of benzene rings is 1. The molecule has 1 saturated heterocycles. The number of para-hydroxylation sites is 1. The van der Waals surface area contributed by atoms with Crippen molar-refractivity contribution in [1.82, 2.24) is 14.8 Å². The number of amides is 1. The van der Waals surface area contributed by atoms with Crippen molar-refractivity contribution in [2.24, 2.45) is 0 Å². The minimum absolute atomic E-state index is 0.0693. The second kappa shape index (κ2) is 8.42. The average molecular weight is 361 g/mol. The first-order valence-corrected chi connectivity index (χ1v) is 9.17. The molecular formula is C18H23N3O3S. The van der Waals surface area contributed by atoms with E-state index >= 15 is 0 Å². The van der Waals surface area contributed by atoms with E-state index in [-0.39, 0.29) is 5.91 Å². The zero-order valence-corrected chi connectivity index (χ0v) is 15.4. The van der Waals surface area contributed by atoms with Gasteiger partial charge in [-0.3, -0.25) is 9.69 Å². The van der Waals surface area contributed by atoms with Gasteiger partial charge in [-0.1, -0.05) is 12.1 Å². The number of morpholine rings is 1. The zero-order chi connectivity index (χ0) is 17.6. The molecule has 3 rings (SSSR count). The maximum absolute atomic E-state index is 12.7. The van der Waals surface area contributed by atoms with E-state index in [9.17, 15) is 4.79 Å². The molecule has 0 spiro atoms. The molecule has 0 bridgehead atoms. The van der Waals surface area contributed by atoms with E-state index in [2.05, 4.69) is 9.88 Å². The summed E-state index contributed by atoms with van der Waals surface area (Å²) in [4.78, 5) is 21.3. The summed E-state index contributed by atoms with van der Waals surface area (Å²) in [5.41, 5.74) is 1.48. The molecule has 25 heavy (non-hydrogen) atoms. The topological polar surface area (TPSA) is 54.9 Å². The summed E-state index contributed by atoms with van der Waals surface area (Å²) < 4.78 is 10.6. The van der Waals surface area contributed by atoms with Gasteiger partial charge in [-0.05, 0) is 12.1 Å². The molecule has 2 heterocycles. The molecule has 1 aliphatic rings. The second-order valence-electron chi connectivity index (χ2n) is 5.98. The molecule has 1 aliphatic heterocycles. The van der Waals surface area contributed by atoms with Crippen LogP contribution in [0.5, 0.6) is 5.75 Å². The van der Waals surface area contributed by atoms with E-state index in [1.165, 1.54) is 0 Å². The standard InChI is InChI=1S/C18H23N3O3S/c1-20(18(22)15-5-3-4-6-16(15)23-2)11-14-13-25-17(19-14)12-21-7-9-24-10-8-21/h3-6,13H,7-12H2,1-2H3. The Morgan fingerprint density at radius 3 is 2.88 bits per heavy atom. The van der Waals surface area contributed by atoms with Crippen LogP contribution in [0.15, 0.2) is 29.6 Å². The van der Waals surface area contributed by atoms with E-state index in [1.54, 1.807) is 42.5 Å². The Hall–Kier alpha value is -1.96. The van der Waals surface area contributed by atoms with E-state index in [1.807, 2.05) is 17.5 Å². The molecule has 1 aromatic carbocycles. The van der Waals surface area contributed by atoms with Crippen LogP contribution in [-0.4, -0.2) is 61.2 Å². The van der Waals surface area contributed by atoms with Gasteiger partial charge in [0.15, 0.2) is 0 Å². The first-order valence-electron chi connectivity index (χ1n) is 8.29. The molecule has 0 N–H and O–H groups in total.